The van der Waals surface area contributed by atoms with Gasteiger partial charge in [0.25, 0.3) is 0 Å². The molecular weight excluding hydrogens is 540 g/mol. The zero-order chi connectivity index (χ0) is 31.0. The standard InChI is InChI=1S/C10H15.3C9H10O.Ti/c1-7-6-10(4,5)9(3)8(7)2;3*1-2-5-8-6-3-4-7-9(8)10;/h1-5H3;3*2-4,6-7,10H,1,5H2;/q;;;;+3/p-3. The van der Waals surface area contributed by atoms with Gasteiger partial charge in [-0.15, -0.1) is 37.0 Å². The maximum absolute atomic E-state index is 11.0. The maximum atomic E-state index is 11.0. The van der Waals surface area contributed by atoms with E-state index in [1.54, 1.807) is 54.6 Å². The van der Waals surface area contributed by atoms with Gasteiger partial charge in [-0.05, 0) is 19.3 Å². The monoisotopic (exact) mass is 582 g/mol. The van der Waals surface area contributed by atoms with Gasteiger partial charge in [0.1, 0.15) is 0 Å². The van der Waals surface area contributed by atoms with E-state index >= 15 is 0 Å². The van der Waals surface area contributed by atoms with Crippen LogP contribution in [0.15, 0.2) is 131 Å². The number of rotatable bonds is 6. The SMILES string of the molecule is C=CCc1ccccc1[O-].C=CCc1ccccc1[O-].C=CCc1ccccc1[O-].CC1=C(C)C(C)(C)[C]([Ti+3])=C1C. The van der Waals surface area contributed by atoms with Crippen LogP contribution in [-0.4, -0.2) is 0 Å². The average Bonchev–Trinajstić information content (AvgIpc) is 3.08. The zero-order valence-electron chi connectivity index (χ0n) is 25.1. The van der Waals surface area contributed by atoms with Gasteiger partial charge in [-0.2, -0.15) is 0 Å². The first-order valence-electron chi connectivity index (χ1n) is 13.6. The van der Waals surface area contributed by atoms with Crippen molar-refractivity contribution in [3.63, 3.8) is 0 Å². The normalized spacial score (nSPS) is 13.0. The van der Waals surface area contributed by atoms with Gasteiger partial charge in [0.2, 0.25) is 0 Å². The third-order valence-corrected chi connectivity index (χ3v) is 8.63. The number of para-hydroxylation sites is 3. The van der Waals surface area contributed by atoms with Gasteiger partial charge in [-0.1, -0.05) is 108 Å². The predicted octanol–water partition coefficient (Wildman–Crippen LogP) is 7.65. The van der Waals surface area contributed by atoms with Gasteiger partial charge in [0, 0.05) is 0 Å². The second-order valence-electron chi connectivity index (χ2n) is 10.2. The molecule has 0 unspecified atom stereocenters. The van der Waals surface area contributed by atoms with E-state index in [1.807, 2.05) is 36.4 Å². The van der Waals surface area contributed by atoms with Crippen molar-refractivity contribution in [1.29, 1.82) is 0 Å². The van der Waals surface area contributed by atoms with Crippen LogP contribution in [0.25, 0.3) is 0 Å². The third kappa shape index (κ3) is 11.1. The molecule has 0 amide bonds. The Morgan fingerprint density at radius 1 is 0.585 bits per heavy atom. The van der Waals surface area contributed by atoms with Crippen molar-refractivity contribution in [3.8, 4) is 17.2 Å². The Bertz CT molecular complexity index is 1210. The van der Waals surface area contributed by atoms with Crippen LogP contribution in [0.2, 0.25) is 0 Å². The molecule has 212 valence electrons. The summed E-state index contributed by atoms with van der Waals surface area (Å²) in [5.41, 5.74) is 7.29. The fourth-order valence-electron chi connectivity index (χ4n) is 4.08. The molecule has 0 N–H and O–H groups in total. The van der Waals surface area contributed by atoms with Crippen LogP contribution in [0.5, 0.6) is 17.2 Å². The van der Waals surface area contributed by atoms with E-state index in [1.165, 1.54) is 20.6 Å². The van der Waals surface area contributed by atoms with Gasteiger partial charge in [-0.25, -0.2) is 0 Å². The number of hydrogen-bond donors (Lipinski definition) is 0. The molecule has 0 heterocycles. The van der Waals surface area contributed by atoms with Gasteiger partial charge in [-0.3, -0.25) is 0 Å². The van der Waals surface area contributed by atoms with Crippen molar-refractivity contribution >= 4 is 0 Å². The molecule has 1 aliphatic rings. The zero-order valence-corrected chi connectivity index (χ0v) is 26.7. The molecule has 0 atom stereocenters. The number of benzene rings is 3. The molecule has 4 heteroatoms. The number of allylic oxidation sites excluding steroid dienone is 7. The number of hydrogen-bond acceptors (Lipinski definition) is 3. The summed E-state index contributed by atoms with van der Waals surface area (Å²) in [6, 6.07) is 21.0. The van der Waals surface area contributed by atoms with Crippen LogP contribution in [0.4, 0.5) is 0 Å². The second kappa shape index (κ2) is 18.0. The molecule has 0 radical (unpaired) electrons. The Hall–Kier alpha value is -3.53. The molecule has 3 aromatic carbocycles. The summed E-state index contributed by atoms with van der Waals surface area (Å²) in [7, 11) is 0. The van der Waals surface area contributed by atoms with Crippen LogP contribution >= 0.6 is 0 Å². The van der Waals surface area contributed by atoms with E-state index in [9.17, 15) is 15.3 Å². The van der Waals surface area contributed by atoms with Crippen LogP contribution < -0.4 is 15.3 Å². The van der Waals surface area contributed by atoms with Crippen LogP contribution in [-0.2, 0) is 39.7 Å². The molecular formula is C37H42O3Ti. The van der Waals surface area contributed by atoms with Crippen molar-refractivity contribution in [1.82, 2.24) is 0 Å². The van der Waals surface area contributed by atoms with Crippen LogP contribution in [0, 0.1) is 5.41 Å². The van der Waals surface area contributed by atoms with E-state index in [0.29, 0.717) is 24.7 Å². The predicted molar refractivity (Wildman–Crippen MR) is 164 cm³/mol. The molecule has 0 saturated heterocycles. The van der Waals surface area contributed by atoms with E-state index in [0.717, 1.165) is 16.7 Å². The summed E-state index contributed by atoms with van der Waals surface area (Å²) in [4.78, 5) is 0. The summed E-state index contributed by atoms with van der Waals surface area (Å²) in [6.45, 7) is 22.0. The molecule has 0 fully saturated rings. The van der Waals surface area contributed by atoms with Crippen LogP contribution in [0.3, 0.4) is 0 Å². The topological polar surface area (TPSA) is 69.2 Å². The van der Waals surface area contributed by atoms with Crippen molar-refractivity contribution in [2.24, 2.45) is 5.41 Å². The first-order valence-corrected chi connectivity index (χ1v) is 14.4. The van der Waals surface area contributed by atoms with Crippen molar-refractivity contribution in [2.75, 3.05) is 0 Å². The molecule has 41 heavy (non-hydrogen) atoms. The summed E-state index contributed by atoms with van der Waals surface area (Å²) in [6.07, 6.45) is 7.20. The minimum absolute atomic E-state index is 0.0994. The molecule has 0 spiro atoms. The quantitative estimate of drug-likeness (QED) is 0.222. The Balaban J connectivity index is 0.000000274. The fraction of sp³-hybridized carbons (Fsp3) is 0.243. The molecule has 4 rings (SSSR count). The molecule has 0 aromatic heterocycles. The first-order chi connectivity index (χ1) is 19.4. The minimum atomic E-state index is 0.0994. The van der Waals surface area contributed by atoms with Gasteiger partial charge >= 0.3 is 81.1 Å². The summed E-state index contributed by atoms with van der Waals surface area (Å²) in [5, 5.41) is 32.9. The molecule has 0 aliphatic heterocycles. The second-order valence-corrected chi connectivity index (χ2v) is 11.0. The van der Waals surface area contributed by atoms with E-state index in [4.69, 9.17) is 0 Å². The first kappa shape index (κ1) is 35.5. The fourth-order valence-corrected chi connectivity index (χ4v) is 4.66. The molecule has 3 aromatic rings. The Labute approximate surface area is 259 Å². The third-order valence-electron chi connectivity index (χ3n) is 7.07. The Kier molecular flexibility index (Phi) is 15.6. The van der Waals surface area contributed by atoms with E-state index < -0.39 is 0 Å². The van der Waals surface area contributed by atoms with Gasteiger partial charge < -0.3 is 15.3 Å². The average molecular weight is 583 g/mol. The van der Waals surface area contributed by atoms with E-state index in [2.05, 4.69) is 74.8 Å². The van der Waals surface area contributed by atoms with Crippen LogP contribution in [0.1, 0.15) is 51.3 Å². The molecule has 0 saturated carbocycles. The Morgan fingerprint density at radius 3 is 1.05 bits per heavy atom. The summed E-state index contributed by atoms with van der Waals surface area (Å²) < 4.78 is 1.53. The Morgan fingerprint density at radius 2 is 0.878 bits per heavy atom. The van der Waals surface area contributed by atoms with Gasteiger partial charge in [0.05, 0.1) is 0 Å². The molecule has 1 aliphatic carbocycles. The van der Waals surface area contributed by atoms with Crippen molar-refractivity contribution < 1.29 is 35.8 Å². The van der Waals surface area contributed by atoms with Crippen molar-refractivity contribution in [2.45, 2.75) is 53.9 Å². The van der Waals surface area contributed by atoms with E-state index in [-0.39, 0.29) is 17.2 Å². The molecule has 0 bridgehead atoms. The summed E-state index contributed by atoms with van der Waals surface area (Å²) in [5.74, 6) is 0.298. The molecule has 3 nitrogen and oxygen atoms in total. The summed E-state index contributed by atoms with van der Waals surface area (Å²) >= 11 is 2.25. The van der Waals surface area contributed by atoms with Crippen molar-refractivity contribution in [3.05, 3.63) is 148 Å². The van der Waals surface area contributed by atoms with Gasteiger partial charge in [0.15, 0.2) is 0 Å².